The van der Waals surface area contributed by atoms with Crippen LogP contribution in [-0.2, 0) is 17.9 Å². The van der Waals surface area contributed by atoms with Crippen LogP contribution in [0.4, 0.5) is 0 Å². The molecule has 38 heavy (non-hydrogen) atoms. The molecule has 2 N–H and O–H groups in total. The summed E-state index contributed by atoms with van der Waals surface area (Å²) in [4.78, 5) is 15.8. The van der Waals surface area contributed by atoms with Crippen LogP contribution in [-0.4, -0.2) is 72.4 Å². The molecule has 0 radical (unpaired) electrons. The van der Waals surface area contributed by atoms with Gasteiger partial charge in [-0.15, -0.1) is 5.10 Å². The third kappa shape index (κ3) is 6.24. The molecule has 1 aliphatic heterocycles. The van der Waals surface area contributed by atoms with Crippen molar-refractivity contribution in [1.29, 1.82) is 0 Å². The first-order chi connectivity index (χ1) is 18.6. The number of aromatic nitrogens is 4. The summed E-state index contributed by atoms with van der Waals surface area (Å²) >= 11 is 0. The fourth-order valence-electron chi connectivity index (χ4n) is 5.09. The summed E-state index contributed by atoms with van der Waals surface area (Å²) < 4.78 is 1.65. The molecule has 1 saturated heterocycles. The Morgan fingerprint density at radius 2 is 1.66 bits per heavy atom. The van der Waals surface area contributed by atoms with Crippen molar-refractivity contribution in [2.24, 2.45) is 0 Å². The van der Waals surface area contributed by atoms with E-state index in [9.17, 15) is 9.90 Å². The molecule has 3 aromatic carbocycles. The number of phenolic OH excluding ortho intramolecular Hbond substituents is 1. The zero-order valence-corrected chi connectivity index (χ0v) is 21.2. The van der Waals surface area contributed by atoms with Crippen molar-refractivity contribution in [2.45, 2.75) is 32.0 Å². The van der Waals surface area contributed by atoms with Gasteiger partial charge in [-0.25, -0.2) is 4.68 Å². The minimum Gasteiger partial charge on any atom is -0.508 e. The van der Waals surface area contributed by atoms with E-state index in [1.54, 1.807) is 10.7 Å². The number of tetrazole rings is 1. The molecule has 0 aliphatic carbocycles. The van der Waals surface area contributed by atoms with Crippen molar-refractivity contribution >= 4 is 5.97 Å². The maximum atomic E-state index is 10.9. The molecule has 9 nitrogen and oxygen atoms in total. The fraction of sp³-hybridized carbons (Fsp3) is 0.310. The van der Waals surface area contributed by atoms with Gasteiger partial charge in [0.1, 0.15) is 5.75 Å². The number of rotatable bonds is 10. The largest absolute Gasteiger partial charge is 0.508 e. The van der Waals surface area contributed by atoms with Crippen LogP contribution in [0.1, 0.15) is 35.6 Å². The predicted molar refractivity (Wildman–Crippen MR) is 143 cm³/mol. The van der Waals surface area contributed by atoms with Crippen LogP contribution < -0.4 is 0 Å². The van der Waals surface area contributed by atoms with Gasteiger partial charge >= 0.3 is 5.97 Å². The number of hydrogen-bond acceptors (Lipinski definition) is 7. The van der Waals surface area contributed by atoms with Crippen LogP contribution in [0, 0.1) is 0 Å². The van der Waals surface area contributed by atoms with E-state index in [-0.39, 0.29) is 18.2 Å². The average Bonchev–Trinajstić information content (AvgIpc) is 3.39. The van der Waals surface area contributed by atoms with Gasteiger partial charge in [0.05, 0.1) is 6.04 Å². The van der Waals surface area contributed by atoms with Crippen LogP contribution >= 0.6 is 0 Å². The molecule has 1 aliphatic rings. The number of carbonyl (C=O) groups is 1. The summed E-state index contributed by atoms with van der Waals surface area (Å²) in [7, 11) is 0. The van der Waals surface area contributed by atoms with E-state index in [1.165, 1.54) is 5.56 Å². The Kier molecular flexibility index (Phi) is 8.06. The van der Waals surface area contributed by atoms with Gasteiger partial charge in [0, 0.05) is 51.3 Å². The second-order valence-electron chi connectivity index (χ2n) is 9.64. The average molecular weight is 513 g/mol. The van der Waals surface area contributed by atoms with Crippen LogP contribution in [0.2, 0.25) is 0 Å². The zero-order valence-electron chi connectivity index (χ0n) is 21.2. The highest BCUT2D eigenvalue weighted by Gasteiger charge is 2.27. The fourth-order valence-corrected chi connectivity index (χ4v) is 5.09. The van der Waals surface area contributed by atoms with E-state index in [1.807, 2.05) is 30.3 Å². The highest BCUT2D eigenvalue weighted by molar-refractivity contribution is 5.66. The number of hydrogen-bond donors (Lipinski definition) is 2. The standard InChI is InChI=1S/C29H32N6O3/c36-26-9-4-8-25(20-26)28(34-18-16-33(17-19-34)21-22-6-2-1-3-7-22)23-11-13-24(14-12-23)29-30-31-32-35(29)15-5-10-27(37)38/h1-4,6-9,11-14,20,28,36H,5,10,15-19,21H2,(H,37,38)/t28-/m1/s1. The van der Waals surface area contributed by atoms with Crippen molar-refractivity contribution < 1.29 is 15.0 Å². The first-order valence-corrected chi connectivity index (χ1v) is 12.9. The number of aliphatic carboxylic acids is 1. The number of phenols is 1. The lowest BCUT2D eigenvalue weighted by molar-refractivity contribution is -0.137. The lowest BCUT2D eigenvalue weighted by Gasteiger charge is -2.40. The maximum Gasteiger partial charge on any atom is 0.303 e. The minimum absolute atomic E-state index is 0.00147. The molecular formula is C29H32N6O3. The van der Waals surface area contributed by atoms with Crippen LogP contribution in [0.3, 0.4) is 0 Å². The number of piperazine rings is 1. The molecule has 0 bridgehead atoms. The Hall–Kier alpha value is -4.08. The summed E-state index contributed by atoms with van der Waals surface area (Å²) in [5, 5.41) is 31.2. The van der Waals surface area contributed by atoms with E-state index < -0.39 is 5.97 Å². The van der Waals surface area contributed by atoms with Crippen molar-refractivity contribution in [3.05, 3.63) is 95.6 Å². The smallest absolute Gasteiger partial charge is 0.303 e. The zero-order chi connectivity index (χ0) is 26.3. The highest BCUT2D eigenvalue weighted by atomic mass is 16.4. The highest BCUT2D eigenvalue weighted by Crippen LogP contribution is 2.32. The van der Waals surface area contributed by atoms with Gasteiger partial charge in [-0.1, -0.05) is 66.7 Å². The molecule has 1 fully saturated rings. The van der Waals surface area contributed by atoms with E-state index in [4.69, 9.17) is 5.11 Å². The summed E-state index contributed by atoms with van der Waals surface area (Å²) in [6.07, 6.45) is 0.531. The van der Waals surface area contributed by atoms with Gasteiger partial charge in [0.15, 0.2) is 5.82 Å². The Bertz CT molecular complexity index is 1330. The number of carboxylic acid groups (broad SMARTS) is 1. The second-order valence-corrected chi connectivity index (χ2v) is 9.64. The number of benzene rings is 3. The van der Waals surface area contributed by atoms with Crippen LogP contribution in [0.25, 0.3) is 11.4 Å². The molecule has 196 valence electrons. The molecule has 2 heterocycles. The Labute approximate surface area is 221 Å². The third-order valence-corrected chi connectivity index (χ3v) is 6.98. The minimum atomic E-state index is -0.831. The third-order valence-electron chi connectivity index (χ3n) is 6.98. The molecule has 0 unspecified atom stereocenters. The van der Waals surface area contributed by atoms with Crippen molar-refractivity contribution in [3.63, 3.8) is 0 Å². The number of aromatic hydroxyl groups is 1. The molecule has 5 rings (SSSR count). The molecule has 4 aromatic rings. The van der Waals surface area contributed by atoms with E-state index in [0.29, 0.717) is 18.8 Å². The molecule has 1 aromatic heterocycles. The lowest BCUT2D eigenvalue weighted by Crippen LogP contribution is -2.47. The van der Waals surface area contributed by atoms with E-state index in [2.05, 4.69) is 67.8 Å². The van der Waals surface area contributed by atoms with Gasteiger partial charge in [-0.3, -0.25) is 14.6 Å². The Morgan fingerprint density at radius 3 is 2.37 bits per heavy atom. The van der Waals surface area contributed by atoms with Gasteiger partial charge in [-0.05, 0) is 45.7 Å². The molecular weight excluding hydrogens is 480 g/mol. The summed E-state index contributed by atoms with van der Waals surface area (Å²) in [5.74, 6) is 0.0422. The summed E-state index contributed by atoms with van der Waals surface area (Å²) in [5.41, 5.74) is 4.37. The lowest BCUT2D eigenvalue weighted by atomic mass is 9.95. The summed E-state index contributed by atoms with van der Waals surface area (Å²) in [6.45, 7) is 5.14. The normalized spacial score (nSPS) is 15.4. The van der Waals surface area contributed by atoms with Gasteiger partial charge in [0.25, 0.3) is 0 Å². The maximum absolute atomic E-state index is 10.9. The molecule has 9 heteroatoms. The van der Waals surface area contributed by atoms with E-state index in [0.717, 1.165) is 49.4 Å². The second kappa shape index (κ2) is 12.0. The molecule has 0 saturated carbocycles. The number of carboxylic acids is 1. The summed E-state index contributed by atoms with van der Waals surface area (Å²) in [6, 6.07) is 26.3. The van der Waals surface area contributed by atoms with Crippen molar-refractivity contribution in [2.75, 3.05) is 26.2 Å². The Morgan fingerprint density at radius 1 is 0.895 bits per heavy atom. The van der Waals surface area contributed by atoms with Crippen molar-refractivity contribution in [3.8, 4) is 17.1 Å². The molecule has 0 spiro atoms. The van der Waals surface area contributed by atoms with Crippen LogP contribution in [0.15, 0.2) is 78.9 Å². The van der Waals surface area contributed by atoms with Gasteiger partial charge < -0.3 is 10.2 Å². The van der Waals surface area contributed by atoms with Crippen molar-refractivity contribution in [1.82, 2.24) is 30.0 Å². The Balaban J connectivity index is 1.33. The number of nitrogens with zero attached hydrogens (tertiary/aromatic N) is 6. The molecule has 0 amide bonds. The molecule has 1 atom stereocenters. The topological polar surface area (TPSA) is 108 Å². The predicted octanol–water partition coefficient (Wildman–Crippen LogP) is 3.82. The van der Waals surface area contributed by atoms with Crippen LogP contribution in [0.5, 0.6) is 5.75 Å². The van der Waals surface area contributed by atoms with Gasteiger partial charge in [-0.2, -0.15) is 0 Å². The number of aryl methyl sites for hydroxylation is 1. The van der Waals surface area contributed by atoms with E-state index >= 15 is 0 Å². The first-order valence-electron chi connectivity index (χ1n) is 12.9. The first kappa shape index (κ1) is 25.6. The SMILES string of the molecule is O=C(O)CCCn1nnnc1-c1ccc([C@H](c2cccc(O)c2)N2CCN(Cc3ccccc3)CC2)cc1. The monoisotopic (exact) mass is 512 g/mol. The quantitative estimate of drug-likeness (QED) is 0.330. The van der Waals surface area contributed by atoms with Gasteiger partial charge in [0.2, 0.25) is 0 Å².